The lowest BCUT2D eigenvalue weighted by molar-refractivity contribution is 0.0986. The lowest BCUT2D eigenvalue weighted by Crippen LogP contribution is -2.44. The molecule has 1 fully saturated rings. The van der Waals surface area contributed by atoms with E-state index >= 15 is 0 Å². The number of aromatic amines is 1. The van der Waals surface area contributed by atoms with Crippen LogP contribution >= 0.6 is 0 Å². The van der Waals surface area contributed by atoms with Crippen molar-refractivity contribution < 1.29 is 13.5 Å². The van der Waals surface area contributed by atoms with Gasteiger partial charge in [0, 0.05) is 29.9 Å². The van der Waals surface area contributed by atoms with Crippen LogP contribution in [-0.2, 0) is 4.74 Å². The summed E-state index contributed by atoms with van der Waals surface area (Å²) < 4.78 is 34.4. The molecular weight excluding hydrogens is 388 g/mol. The number of H-pyrrole nitrogens is 1. The summed E-state index contributed by atoms with van der Waals surface area (Å²) in [6.45, 7) is 3.86. The predicted molar refractivity (Wildman–Crippen MR) is 110 cm³/mol. The van der Waals surface area contributed by atoms with Crippen LogP contribution < -0.4 is 4.90 Å². The Bertz CT molecular complexity index is 1210. The first-order chi connectivity index (χ1) is 14.6. The summed E-state index contributed by atoms with van der Waals surface area (Å²) in [4.78, 5) is 11.5. The second-order valence-corrected chi connectivity index (χ2v) is 7.27. The number of aromatic nitrogens is 4. The Hall–Kier alpha value is -3.39. The third-order valence-electron chi connectivity index (χ3n) is 5.37. The van der Waals surface area contributed by atoms with Gasteiger partial charge in [0.25, 0.3) is 0 Å². The van der Waals surface area contributed by atoms with Gasteiger partial charge >= 0.3 is 0 Å². The lowest BCUT2D eigenvalue weighted by Gasteiger charge is -2.34. The summed E-state index contributed by atoms with van der Waals surface area (Å²) in [5.41, 5.74) is 2.65. The third kappa shape index (κ3) is 3.09. The summed E-state index contributed by atoms with van der Waals surface area (Å²) in [5.74, 6) is -1.10. The molecule has 0 amide bonds. The van der Waals surface area contributed by atoms with Crippen molar-refractivity contribution in [2.24, 2.45) is 0 Å². The largest absolute Gasteiger partial charge is 0.377 e. The van der Waals surface area contributed by atoms with E-state index in [0.29, 0.717) is 53.4 Å². The number of halogens is 2. The summed E-state index contributed by atoms with van der Waals surface area (Å²) in [7, 11) is 0. The maximum Gasteiger partial charge on any atom is 0.166 e. The average molecular weight is 407 g/mol. The monoisotopic (exact) mass is 407 g/mol. The molecule has 8 heteroatoms. The minimum atomic E-state index is -0.887. The van der Waals surface area contributed by atoms with Crippen LogP contribution in [-0.4, -0.2) is 46.0 Å². The first-order valence-corrected chi connectivity index (χ1v) is 9.72. The molecule has 1 aliphatic rings. The molecule has 1 atom stereocenters. The Morgan fingerprint density at radius 3 is 2.83 bits per heavy atom. The zero-order valence-electron chi connectivity index (χ0n) is 16.3. The minimum Gasteiger partial charge on any atom is -0.377 e. The van der Waals surface area contributed by atoms with Crippen molar-refractivity contribution >= 4 is 16.7 Å². The average Bonchev–Trinajstić information content (AvgIpc) is 3.30. The molecule has 0 aliphatic carbocycles. The fourth-order valence-corrected chi connectivity index (χ4v) is 3.87. The van der Waals surface area contributed by atoms with Crippen LogP contribution in [0, 0.1) is 11.6 Å². The van der Waals surface area contributed by atoms with Crippen molar-refractivity contribution in [1.82, 2.24) is 20.2 Å². The number of morpholine rings is 1. The highest BCUT2D eigenvalue weighted by atomic mass is 19.2. The van der Waals surface area contributed by atoms with Crippen LogP contribution in [0.3, 0.4) is 0 Å². The van der Waals surface area contributed by atoms with Gasteiger partial charge in [-0.25, -0.2) is 13.8 Å². The van der Waals surface area contributed by atoms with Gasteiger partial charge in [-0.1, -0.05) is 12.1 Å². The van der Waals surface area contributed by atoms with Crippen molar-refractivity contribution in [2.75, 3.05) is 24.7 Å². The highest BCUT2D eigenvalue weighted by Crippen LogP contribution is 2.36. The molecule has 0 bridgehead atoms. The van der Waals surface area contributed by atoms with E-state index in [9.17, 15) is 8.78 Å². The van der Waals surface area contributed by atoms with Crippen molar-refractivity contribution in [2.45, 2.75) is 13.0 Å². The normalized spacial score (nSPS) is 16.9. The van der Waals surface area contributed by atoms with E-state index < -0.39 is 11.6 Å². The van der Waals surface area contributed by atoms with Crippen LogP contribution in [0.4, 0.5) is 14.6 Å². The van der Waals surface area contributed by atoms with Crippen molar-refractivity contribution in [3.8, 4) is 22.5 Å². The smallest absolute Gasteiger partial charge is 0.166 e. The molecule has 0 radical (unpaired) electrons. The minimum absolute atomic E-state index is 0.0983. The highest BCUT2D eigenvalue weighted by Gasteiger charge is 2.24. The Kier molecular flexibility index (Phi) is 4.63. The molecule has 1 aromatic carbocycles. The summed E-state index contributed by atoms with van der Waals surface area (Å²) >= 11 is 0. The van der Waals surface area contributed by atoms with Gasteiger partial charge < -0.3 is 9.64 Å². The fraction of sp³-hybridized carbons (Fsp3) is 0.227. The van der Waals surface area contributed by atoms with Crippen molar-refractivity contribution in [1.29, 1.82) is 0 Å². The second-order valence-electron chi connectivity index (χ2n) is 7.27. The number of anilines is 1. The molecule has 1 saturated heterocycles. The van der Waals surface area contributed by atoms with E-state index in [-0.39, 0.29) is 11.6 Å². The van der Waals surface area contributed by atoms with Crippen LogP contribution in [0.15, 0.2) is 48.8 Å². The van der Waals surface area contributed by atoms with E-state index in [1.54, 1.807) is 30.6 Å². The standard InChI is InChI=1S/C22H19F2N5O/c1-13-12-30-10-9-29(13)19-11-16(14-3-2-4-17(23)20(14)24)15-5-7-25-22(21(15)27-19)18-6-8-26-28-18/h2-8,11,13H,9-10,12H2,1H3,(H,26,28). The molecule has 0 saturated carbocycles. The molecule has 1 unspecified atom stereocenters. The maximum absolute atomic E-state index is 14.8. The maximum atomic E-state index is 14.8. The number of pyridine rings is 2. The van der Waals surface area contributed by atoms with Crippen molar-refractivity contribution in [3.05, 3.63) is 60.4 Å². The van der Waals surface area contributed by atoms with E-state index in [2.05, 4.69) is 20.1 Å². The van der Waals surface area contributed by atoms with Gasteiger partial charge in [0.15, 0.2) is 11.6 Å². The molecule has 152 valence electrons. The zero-order chi connectivity index (χ0) is 20.7. The van der Waals surface area contributed by atoms with Gasteiger partial charge in [-0.05, 0) is 36.8 Å². The number of fused-ring (bicyclic) bond motifs is 1. The van der Waals surface area contributed by atoms with E-state index in [1.807, 2.05) is 13.0 Å². The van der Waals surface area contributed by atoms with Gasteiger partial charge in [-0.3, -0.25) is 10.1 Å². The van der Waals surface area contributed by atoms with Crippen LogP contribution in [0.5, 0.6) is 0 Å². The van der Waals surface area contributed by atoms with Gasteiger partial charge in [0.05, 0.1) is 24.9 Å². The summed E-state index contributed by atoms with van der Waals surface area (Å²) in [6.07, 6.45) is 3.27. The molecule has 30 heavy (non-hydrogen) atoms. The third-order valence-corrected chi connectivity index (χ3v) is 5.37. The number of rotatable bonds is 3. The summed E-state index contributed by atoms with van der Waals surface area (Å²) in [5, 5.41) is 7.60. The number of hydrogen-bond acceptors (Lipinski definition) is 5. The molecule has 1 aliphatic heterocycles. The zero-order valence-corrected chi connectivity index (χ0v) is 16.3. The van der Waals surface area contributed by atoms with Crippen molar-refractivity contribution in [3.63, 3.8) is 0 Å². The van der Waals surface area contributed by atoms with Gasteiger partial charge in [-0.2, -0.15) is 5.10 Å². The SMILES string of the molecule is CC1COCCN1c1cc(-c2cccc(F)c2F)c2ccnc(-c3ccn[nH]3)c2n1. The molecular formula is C22H19F2N5O. The highest BCUT2D eigenvalue weighted by molar-refractivity contribution is 6.01. The van der Waals surface area contributed by atoms with Crippen LogP contribution in [0.25, 0.3) is 33.4 Å². The first-order valence-electron chi connectivity index (χ1n) is 9.72. The number of hydrogen-bond donors (Lipinski definition) is 1. The quantitative estimate of drug-likeness (QED) is 0.552. The molecule has 1 N–H and O–H groups in total. The number of nitrogens with one attached hydrogen (secondary N) is 1. The molecule has 4 aromatic rings. The topological polar surface area (TPSA) is 66.9 Å². The van der Waals surface area contributed by atoms with Gasteiger partial charge in [0.2, 0.25) is 0 Å². The van der Waals surface area contributed by atoms with Crippen LogP contribution in [0.1, 0.15) is 6.92 Å². The molecule has 3 aromatic heterocycles. The molecule has 6 nitrogen and oxygen atoms in total. The number of nitrogens with zero attached hydrogens (tertiary/aromatic N) is 4. The Balaban J connectivity index is 1.81. The molecule has 4 heterocycles. The van der Waals surface area contributed by atoms with E-state index in [0.717, 1.165) is 6.07 Å². The van der Waals surface area contributed by atoms with E-state index in [4.69, 9.17) is 9.72 Å². The lowest BCUT2D eigenvalue weighted by atomic mass is 9.99. The second kappa shape index (κ2) is 7.46. The van der Waals surface area contributed by atoms with E-state index in [1.165, 1.54) is 6.07 Å². The Labute approximate surface area is 171 Å². The fourth-order valence-electron chi connectivity index (χ4n) is 3.87. The predicted octanol–water partition coefficient (Wildman–Crippen LogP) is 4.19. The Morgan fingerprint density at radius 2 is 2.03 bits per heavy atom. The molecule has 5 rings (SSSR count). The Morgan fingerprint density at radius 1 is 1.13 bits per heavy atom. The molecule has 0 spiro atoms. The van der Waals surface area contributed by atoms with Crippen LogP contribution in [0.2, 0.25) is 0 Å². The number of benzene rings is 1. The first kappa shape index (κ1) is 18.6. The summed E-state index contributed by atoms with van der Waals surface area (Å²) in [6, 6.07) is 9.69. The number of ether oxygens (including phenoxy) is 1. The van der Waals surface area contributed by atoms with Gasteiger partial charge in [0.1, 0.15) is 17.0 Å². The van der Waals surface area contributed by atoms with Gasteiger partial charge in [-0.15, -0.1) is 0 Å².